The Balaban J connectivity index is 3.34. The SMILES string of the molecule is CCCCCSC[C@H](N)C(=O)OCC. The van der Waals surface area contributed by atoms with Crippen LogP contribution in [0.4, 0.5) is 0 Å². The molecule has 84 valence electrons. The maximum Gasteiger partial charge on any atom is 0.323 e. The third kappa shape index (κ3) is 7.21. The van der Waals surface area contributed by atoms with E-state index >= 15 is 0 Å². The second-order valence-electron chi connectivity index (χ2n) is 3.14. The standard InChI is InChI=1S/C10H21NO2S/c1-3-5-6-7-14-8-9(11)10(12)13-4-2/h9H,3-8,11H2,1-2H3/t9-/m0/s1. The van der Waals surface area contributed by atoms with E-state index in [2.05, 4.69) is 6.92 Å². The topological polar surface area (TPSA) is 52.3 Å². The molecule has 0 fully saturated rings. The molecule has 2 N–H and O–H groups in total. The molecule has 1 atom stereocenters. The summed E-state index contributed by atoms with van der Waals surface area (Å²) in [6.07, 6.45) is 3.68. The summed E-state index contributed by atoms with van der Waals surface area (Å²) in [6.45, 7) is 4.38. The maximum absolute atomic E-state index is 11.1. The summed E-state index contributed by atoms with van der Waals surface area (Å²) >= 11 is 1.73. The third-order valence-corrected chi connectivity index (χ3v) is 2.95. The molecule has 3 nitrogen and oxygen atoms in total. The van der Waals surface area contributed by atoms with Crippen molar-refractivity contribution in [1.82, 2.24) is 0 Å². The number of carbonyl (C=O) groups excluding carboxylic acids is 1. The first-order valence-corrected chi connectivity index (χ1v) is 6.37. The Labute approximate surface area is 90.8 Å². The summed E-state index contributed by atoms with van der Waals surface area (Å²) in [5.74, 6) is 1.47. The minimum Gasteiger partial charge on any atom is -0.465 e. The first-order valence-electron chi connectivity index (χ1n) is 5.22. The van der Waals surface area contributed by atoms with Gasteiger partial charge in [-0.2, -0.15) is 11.8 Å². The van der Waals surface area contributed by atoms with Gasteiger partial charge >= 0.3 is 5.97 Å². The largest absolute Gasteiger partial charge is 0.465 e. The van der Waals surface area contributed by atoms with E-state index in [-0.39, 0.29) is 5.97 Å². The Kier molecular flexibility index (Phi) is 9.19. The predicted octanol–water partition coefficient (Wildman–Crippen LogP) is 1.80. The Morgan fingerprint density at radius 1 is 1.43 bits per heavy atom. The zero-order chi connectivity index (χ0) is 10.8. The maximum atomic E-state index is 11.1. The number of unbranched alkanes of at least 4 members (excludes halogenated alkanes) is 2. The van der Waals surface area contributed by atoms with E-state index in [0.717, 1.165) is 5.75 Å². The molecule has 4 heteroatoms. The second-order valence-corrected chi connectivity index (χ2v) is 4.29. The zero-order valence-electron chi connectivity index (χ0n) is 9.12. The zero-order valence-corrected chi connectivity index (χ0v) is 9.94. The van der Waals surface area contributed by atoms with Crippen LogP contribution in [0.2, 0.25) is 0 Å². The van der Waals surface area contributed by atoms with Crippen LogP contribution in [0.3, 0.4) is 0 Å². The van der Waals surface area contributed by atoms with Gasteiger partial charge in [0.25, 0.3) is 0 Å². The Hall–Kier alpha value is -0.220. The molecule has 0 amide bonds. The van der Waals surface area contributed by atoms with E-state index in [1.54, 1.807) is 18.7 Å². The van der Waals surface area contributed by atoms with Gasteiger partial charge in [-0.15, -0.1) is 0 Å². The second kappa shape index (κ2) is 9.34. The summed E-state index contributed by atoms with van der Waals surface area (Å²) in [4.78, 5) is 11.1. The van der Waals surface area contributed by atoms with Gasteiger partial charge in [0.15, 0.2) is 0 Å². The summed E-state index contributed by atoms with van der Waals surface area (Å²) < 4.78 is 4.80. The van der Waals surface area contributed by atoms with Crippen LogP contribution in [0, 0.1) is 0 Å². The number of ether oxygens (including phenoxy) is 1. The average Bonchev–Trinajstić information content (AvgIpc) is 2.17. The van der Waals surface area contributed by atoms with Gasteiger partial charge in [-0.05, 0) is 19.1 Å². The Morgan fingerprint density at radius 3 is 2.71 bits per heavy atom. The molecule has 0 aromatic heterocycles. The first-order chi connectivity index (χ1) is 6.72. The minimum atomic E-state index is -0.457. The van der Waals surface area contributed by atoms with E-state index in [0.29, 0.717) is 12.4 Å². The minimum absolute atomic E-state index is 0.282. The van der Waals surface area contributed by atoms with Crippen LogP contribution in [0.5, 0.6) is 0 Å². The summed E-state index contributed by atoms with van der Waals surface area (Å²) in [6, 6.07) is -0.457. The van der Waals surface area contributed by atoms with E-state index < -0.39 is 6.04 Å². The molecule has 0 aromatic rings. The summed E-state index contributed by atoms with van der Waals surface area (Å²) in [5, 5.41) is 0. The van der Waals surface area contributed by atoms with Crippen molar-refractivity contribution in [3.05, 3.63) is 0 Å². The number of hydrogen-bond acceptors (Lipinski definition) is 4. The molecule has 0 aromatic carbocycles. The lowest BCUT2D eigenvalue weighted by atomic mass is 10.3. The summed E-state index contributed by atoms with van der Waals surface area (Å²) in [7, 11) is 0. The van der Waals surface area contributed by atoms with Gasteiger partial charge in [-0.3, -0.25) is 4.79 Å². The highest BCUT2D eigenvalue weighted by molar-refractivity contribution is 7.99. The molecular formula is C10H21NO2S. The van der Waals surface area contributed by atoms with Crippen molar-refractivity contribution in [2.45, 2.75) is 39.2 Å². The number of esters is 1. The van der Waals surface area contributed by atoms with Crippen molar-refractivity contribution in [2.24, 2.45) is 5.73 Å². The number of nitrogens with two attached hydrogens (primary N) is 1. The lowest BCUT2D eigenvalue weighted by Gasteiger charge is -2.09. The predicted molar refractivity (Wildman–Crippen MR) is 61.5 cm³/mol. The smallest absolute Gasteiger partial charge is 0.323 e. The molecule has 0 radical (unpaired) electrons. The Morgan fingerprint density at radius 2 is 2.14 bits per heavy atom. The van der Waals surface area contributed by atoms with Crippen molar-refractivity contribution in [3.8, 4) is 0 Å². The van der Waals surface area contributed by atoms with Gasteiger partial charge in [-0.25, -0.2) is 0 Å². The van der Waals surface area contributed by atoms with Crippen molar-refractivity contribution in [2.75, 3.05) is 18.1 Å². The van der Waals surface area contributed by atoms with Crippen LogP contribution in [0.15, 0.2) is 0 Å². The fourth-order valence-electron chi connectivity index (χ4n) is 0.982. The molecule has 0 aliphatic rings. The van der Waals surface area contributed by atoms with Gasteiger partial charge in [0.1, 0.15) is 6.04 Å². The molecule has 0 saturated heterocycles. The van der Waals surface area contributed by atoms with E-state index in [9.17, 15) is 4.79 Å². The first kappa shape index (κ1) is 13.8. The summed E-state index contributed by atoms with van der Waals surface area (Å²) in [5.41, 5.74) is 5.62. The monoisotopic (exact) mass is 219 g/mol. The van der Waals surface area contributed by atoms with Crippen LogP contribution in [0.1, 0.15) is 33.1 Å². The quantitative estimate of drug-likeness (QED) is 0.499. The van der Waals surface area contributed by atoms with Gasteiger partial charge in [0.2, 0.25) is 0 Å². The van der Waals surface area contributed by atoms with Crippen molar-refractivity contribution < 1.29 is 9.53 Å². The molecule has 0 heterocycles. The van der Waals surface area contributed by atoms with Gasteiger partial charge in [-0.1, -0.05) is 19.8 Å². The van der Waals surface area contributed by atoms with E-state index in [4.69, 9.17) is 10.5 Å². The molecule has 0 saturated carbocycles. The number of rotatable bonds is 8. The lowest BCUT2D eigenvalue weighted by molar-refractivity contribution is -0.144. The fourth-order valence-corrected chi connectivity index (χ4v) is 1.95. The third-order valence-electron chi connectivity index (χ3n) is 1.78. The van der Waals surface area contributed by atoms with Crippen LogP contribution >= 0.6 is 11.8 Å². The lowest BCUT2D eigenvalue weighted by Crippen LogP contribution is -2.34. The number of thioether (sulfide) groups is 1. The van der Waals surface area contributed by atoms with Crippen molar-refractivity contribution in [3.63, 3.8) is 0 Å². The van der Waals surface area contributed by atoms with E-state index in [1.807, 2.05) is 0 Å². The van der Waals surface area contributed by atoms with Crippen LogP contribution < -0.4 is 5.73 Å². The average molecular weight is 219 g/mol. The van der Waals surface area contributed by atoms with Crippen LogP contribution in [-0.4, -0.2) is 30.1 Å². The number of hydrogen-bond donors (Lipinski definition) is 1. The van der Waals surface area contributed by atoms with Gasteiger partial charge < -0.3 is 10.5 Å². The molecule has 0 aliphatic carbocycles. The molecule has 0 bridgehead atoms. The highest BCUT2D eigenvalue weighted by atomic mass is 32.2. The van der Waals surface area contributed by atoms with E-state index in [1.165, 1.54) is 19.3 Å². The normalized spacial score (nSPS) is 12.5. The van der Waals surface area contributed by atoms with Crippen molar-refractivity contribution in [1.29, 1.82) is 0 Å². The van der Waals surface area contributed by atoms with Gasteiger partial charge in [0, 0.05) is 5.75 Å². The molecular weight excluding hydrogens is 198 g/mol. The molecule has 0 aliphatic heterocycles. The van der Waals surface area contributed by atoms with Crippen molar-refractivity contribution >= 4 is 17.7 Å². The molecule has 0 spiro atoms. The van der Waals surface area contributed by atoms with Crippen LogP contribution in [-0.2, 0) is 9.53 Å². The fraction of sp³-hybridized carbons (Fsp3) is 0.900. The van der Waals surface area contributed by atoms with Gasteiger partial charge in [0.05, 0.1) is 6.61 Å². The van der Waals surface area contributed by atoms with Crippen LogP contribution in [0.25, 0.3) is 0 Å². The molecule has 14 heavy (non-hydrogen) atoms. The Bertz CT molecular complexity index is 153. The molecule has 0 rings (SSSR count). The highest BCUT2D eigenvalue weighted by Crippen LogP contribution is 2.07. The number of carbonyl (C=O) groups is 1. The highest BCUT2D eigenvalue weighted by Gasteiger charge is 2.13. The molecule has 0 unspecified atom stereocenters.